The standard InChI is InChI=1S/C24H34N2O3/c1-4-29-20-8-6-5-7-19(20)25-22(27)21(15(2)3)26-23(28)24-12-16-9-17(13-24)11-18(10-16)14-24/h5-8,15-18,21H,4,9-14H2,1-3H3,(H,25,27)(H,26,28)/t16?,17?,18?,21-,24?/m0/s1. The number of ether oxygens (including phenoxy) is 1. The van der Waals surface area contributed by atoms with Crippen molar-refractivity contribution in [1.29, 1.82) is 0 Å². The van der Waals surface area contributed by atoms with Crippen LogP contribution in [0.1, 0.15) is 59.3 Å². The zero-order valence-corrected chi connectivity index (χ0v) is 17.9. The van der Waals surface area contributed by atoms with Gasteiger partial charge in [0.15, 0.2) is 0 Å². The fourth-order valence-electron chi connectivity index (χ4n) is 6.28. The van der Waals surface area contributed by atoms with Gasteiger partial charge in [-0.1, -0.05) is 26.0 Å². The summed E-state index contributed by atoms with van der Waals surface area (Å²) < 4.78 is 5.62. The van der Waals surface area contributed by atoms with Crippen molar-refractivity contribution in [2.45, 2.75) is 65.3 Å². The average molecular weight is 399 g/mol. The average Bonchev–Trinajstić information content (AvgIpc) is 2.66. The Bertz CT molecular complexity index is 738. The van der Waals surface area contributed by atoms with Crippen LogP contribution in [-0.4, -0.2) is 24.5 Å². The van der Waals surface area contributed by atoms with Crippen LogP contribution in [0.2, 0.25) is 0 Å². The summed E-state index contributed by atoms with van der Waals surface area (Å²) in [7, 11) is 0. The number of para-hydroxylation sites is 2. The second-order valence-electron chi connectivity index (χ2n) is 9.81. The first-order valence-corrected chi connectivity index (χ1v) is 11.2. The number of anilines is 1. The van der Waals surface area contributed by atoms with Crippen LogP contribution in [-0.2, 0) is 9.59 Å². The molecule has 1 aromatic rings. The lowest BCUT2D eigenvalue weighted by Gasteiger charge is -2.55. The van der Waals surface area contributed by atoms with Gasteiger partial charge in [0.25, 0.3) is 0 Å². The van der Waals surface area contributed by atoms with Gasteiger partial charge in [0.05, 0.1) is 12.3 Å². The summed E-state index contributed by atoms with van der Waals surface area (Å²) in [6.45, 7) is 6.42. The zero-order chi connectivity index (χ0) is 20.6. The molecule has 5 rings (SSSR count). The first-order chi connectivity index (χ1) is 13.9. The molecule has 4 aliphatic rings. The van der Waals surface area contributed by atoms with Gasteiger partial charge in [0.1, 0.15) is 11.8 Å². The SMILES string of the molecule is CCOc1ccccc1NC(=O)[C@@H](NC(=O)C12CC3CC(CC(C3)C1)C2)C(C)C. The summed E-state index contributed by atoms with van der Waals surface area (Å²) in [6.07, 6.45) is 6.91. The number of carbonyl (C=O) groups is 2. The fraction of sp³-hybridized carbons (Fsp3) is 0.667. The van der Waals surface area contributed by atoms with Crippen LogP contribution in [0.15, 0.2) is 24.3 Å². The summed E-state index contributed by atoms with van der Waals surface area (Å²) in [5.41, 5.74) is 0.403. The Morgan fingerprint density at radius 3 is 2.21 bits per heavy atom. The second-order valence-corrected chi connectivity index (χ2v) is 9.81. The topological polar surface area (TPSA) is 67.4 Å². The van der Waals surface area contributed by atoms with Gasteiger partial charge in [-0.3, -0.25) is 9.59 Å². The molecule has 1 aromatic carbocycles. The van der Waals surface area contributed by atoms with E-state index < -0.39 is 6.04 Å². The Balaban J connectivity index is 1.47. The van der Waals surface area contributed by atoms with E-state index in [4.69, 9.17) is 4.74 Å². The third-order valence-corrected chi connectivity index (χ3v) is 7.20. The molecular weight excluding hydrogens is 364 g/mol. The van der Waals surface area contributed by atoms with Crippen LogP contribution in [0.4, 0.5) is 5.69 Å². The molecule has 29 heavy (non-hydrogen) atoms. The monoisotopic (exact) mass is 398 g/mol. The largest absolute Gasteiger partial charge is 0.492 e. The van der Waals surface area contributed by atoms with Crippen LogP contribution in [0, 0.1) is 29.1 Å². The molecule has 0 saturated heterocycles. The molecule has 0 aliphatic heterocycles. The first-order valence-electron chi connectivity index (χ1n) is 11.2. The molecule has 158 valence electrons. The molecule has 0 spiro atoms. The summed E-state index contributed by atoms with van der Waals surface area (Å²) in [5, 5.41) is 6.13. The van der Waals surface area contributed by atoms with Gasteiger partial charge in [0, 0.05) is 5.41 Å². The highest BCUT2D eigenvalue weighted by molar-refractivity contribution is 5.99. The van der Waals surface area contributed by atoms with Crippen LogP contribution in [0.5, 0.6) is 5.75 Å². The number of amides is 2. The van der Waals surface area contributed by atoms with Gasteiger partial charge in [-0.05, 0) is 81.3 Å². The van der Waals surface area contributed by atoms with Gasteiger partial charge in [-0.2, -0.15) is 0 Å². The second kappa shape index (κ2) is 8.00. The Morgan fingerprint density at radius 1 is 1.07 bits per heavy atom. The van der Waals surface area contributed by atoms with E-state index in [-0.39, 0.29) is 23.1 Å². The molecular formula is C24H34N2O3. The molecule has 2 amide bonds. The highest BCUT2D eigenvalue weighted by Crippen LogP contribution is 2.60. The number of rotatable bonds is 7. The number of hydrogen-bond acceptors (Lipinski definition) is 3. The summed E-state index contributed by atoms with van der Waals surface area (Å²) >= 11 is 0. The predicted octanol–water partition coefficient (Wildman–Crippen LogP) is 4.38. The minimum atomic E-state index is -0.551. The molecule has 4 aliphatic carbocycles. The highest BCUT2D eigenvalue weighted by Gasteiger charge is 2.55. The van der Waals surface area contributed by atoms with E-state index in [0.29, 0.717) is 35.8 Å². The molecule has 0 radical (unpaired) electrons. The van der Waals surface area contributed by atoms with E-state index in [9.17, 15) is 9.59 Å². The fourth-order valence-corrected chi connectivity index (χ4v) is 6.28. The highest BCUT2D eigenvalue weighted by atomic mass is 16.5. The number of nitrogens with one attached hydrogen (secondary N) is 2. The number of carbonyl (C=O) groups excluding carboxylic acids is 2. The third-order valence-electron chi connectivity index (χ3n) is 7.20. The van der Waals surface area contributed by atoms with Crippen molar-refractivity contribution in [3.8, 4) is 5.75 Å². The Hall–Kier alpha value is -2.04. The molecule has 5 heteroatoms. The first kappa shape index (κ1) is 20.2. The maximum atomic E-state index is 13.4. The van der Waals surface area contributed by atoms with Crippen LogP contribution < -0.4 is 15.4 Å². The maximum Gasteiger partial charge on any atom is 0.247 e. The quantitative estimate of drug-likeness (QED) is 0.716. The van der Waals surface area contributed by atoms with Gasteiger partial charge in [-0.25, -0.2) is 0 Å². The lowest BCUT2D eigenvalue weighted by molar-refractivity contribution is -0.148. The lowest BCUT2D eigenvalue weighted by atomic mass is 9.49. The molecule has 0 aromatic heterocycles. The summed E-state index contributed by atoms with van der Waals surface area (Å²) in [5.74, 6) is 2.70. The zero-order valence-electron chi connectivity index (χ0n) is 17.9. The van der Waals surface area contributed by atoms with Gasteiger partial charge >= 0.3 is 0 Å². The van der Waals surface area contributed by atoms with Gasteiger partial charge < -0.3 is 15.4 Å². The van der Waals surface area contributed by atoms with Crippen molar-refractivity contribution in [2.24, 2.45) is 29.1 Å². The third kappa shape index (κ3) is 4.01. The van der Waals surface area contributed by atoms with Gasteiger partial charge in [0.2, 0.25) is 11.8 Å². The summed E-state index contributed by atoms with van der Waals surface area (Å²) in [4.78, 5) is 26.5. The van der Waals surface area contributed by atoms with Crippen molar-refractivity contribution in [3.05, 3.63) is 24.3 Å². The minimum Gasteiger partial charge on any atom is -0.492 e. The summed E-state index contributed by atoms with van der Waals surface area (Å²) in [6, 6.07) is 6.88. The van der Waals surface area contributed by atoms with E-state index >= 15 is 0 Å². The van der Waals surface area contributed by atoms with Crippen LogP contribution in [0.25, 0.3) is 0 Å². The van der Waals surface area contributed by atoms with Crippen molar-refractivity contribution in [3.63, 3.8) is 0 Å². The van der Waals surface area contributed by atoms with E-state index in [2.05, 4.69) is 10.6 Å². The Labute approximate surface area is 174 Å². The van der Waals surface area contributed by atoms with Crippen molar-refractivity contribution < 1.29 is 14.3 Å². The molecule has 5 nitrogen and oxygen atoms in total. The van der Waals surface area contributed by atoms with E-state index in [1.54, 1.807) is 0 Å². The van der Waals surface area contributed by atoms with E-state index in [1.165, 1.54) is 19.3 Å². The normalized spacial score (nSPS) is 30.8. The molecule has 2 N–H and O–H groups in total. The molecule has 0 heterocycles. The van der Waals surface area contributed by atoms with Crippen molar-refractivity contribution >= 4 is 17.5 Å². The molecule has 0 unspecified atom stereocenters. The molecule has 4 saturated carbocycles. The number of hydrogen-bond donors (Lipinski definition) is 2. The minimum absolute atomic E-state index is 0.00659. The van der Waals surface area contributed by atoms with Crippen LogP contribution in [0.3, 0.4) is 0 Å². The van der Waals surface area contributed by atoms with Crippen LogP contribution >= 0.6 is 0 Å². The smallest absolute Gasteiger partial charge is 0.247 e. The Kier molecular flexibility index (Phi) is 5.58. The molecule has 4 fully saturated rings. The van der Waals surface area contributed by atoms with E-state index in [0.717, 1.165) is 19.3 Å². The van der Waals surface area contributed by atoms with Crippen molar-refractivity contribution in [2.75, 3.05) is 11.9 Å². The van der Waals surface area contributed by atoms with E-state index in [1.807, 2.05) is 45.0 Å². The lowest BCUT2D eigenvalue weighted by Crippen LogP contribution is -2.57. The molecule has 1 atom stereocenters. The maximum absolute atomic E-state index is 13.4. The predicted molar refractivity (Wildman–Crippen MR) is 114 cm³/mol. The molecule has 4 bridgehead atoms. The van der Waals surface area contributed by atoms with Crippen molar-refractivity contribution in [1.82, 2.24) is 5.32 Å². The Morgan fingerprint density at radius 2 is 1.66 bits per heavy atom. The number of benzene rings is 1. The van der Waals surface area contributed by atoms with Gasteiger partial charge in [-0.15, -0.1) is 0 Å².